The molecule has 0 aliphatic heterocycles. The van der Waals surface area contributed by atoms with Crippen LogP contribution in [0.5, 0.6) is 11.6 Å². The van der Waals surface area contributed by atoms with Crippen LogP contribution < -0.4 is 9.47 Å². The Morgan fingerprint density at radius 1 is 0.857 bits per heavy atom. The lowest BCUT2D eigenvalue weighted by Crippen LogP contribution is -2.30. The van der Waals surface area contributed by atoms with Crippen molar-refractivity contribution in [3.05, 3.63) is 102 Å². The zero-order valence-corrected chi connectivity index (χ0v) is 21.2. The molecule has 5 heteroatoms. The fourth-order valence-electron chi connectivity index (χ4n) is 4.27. The molecule has 4 aromatic rings. The zero-order chi connectivity index (χ0) is 24.8. The normalized spacial score (nSPS) is 12.9. The van der Waals surface area contributed by atoms with Gasteiger partial charge in [-0.2, -0.15) is 4.98 Å². The standard InChI is InChI=1S/C30H33N3O2/c1-6-34-29-19-28(32-22(4)33-29)23-10-12-24(13-11-23)30(5,21(2)3)25-14-16-27(17-15-25)35-20-26-9-7-8-18-31-26/h7-19,21H,6,20H2,1-5H3. The Morgan fingerprint density at radius 2 is 1.54 bits per heavy atom. The number of pyridine rings is 1. The van der Waals surface area contributed by atoms with Crippen molar-refractivity contribution in [2.75, 3.05) is 6.61 Å². The summed E-state index contributed by atoms with van der Waals surface area (Å²) in [7, 11) is 0. The van der Waals surface area contributed by atoms with Gasteiger partial charge in [0.1, 0.15) is 18.2 Å². The van der Waals surface area contributed by atoms with E-state index in [1.165, 1.54) is 11.1 Å². The summed E-state index contributed by atoms with van der Waals surface area (Å²) < 4.78 is 11.5. The fourth-order valence-corrected chi connectivity index (χ4v) is 4.27. The van der Waals surface area contributed by atoms with Crippen molar-refractivity contribution in [1.29, 1.82) is 0 Å². The number of aryl methyl sites for hydroxylation is 1. The van der Waals surface area contributed by atoms with Crippen LogP contribution in [0.15, 0.2) is 79.0 Å². The SMILES string of the molecule is CCOc1cc(-c2ccc(C(C)(c3ccc(OCc4ccccn4)cc3)C(C)C)cc2)nc(C)n1. The van der Waals surface area contributed by atoms with Crippen molar-refractivity contribution in [3.8, 4) is 22.9 Å². The van der Waals surface area contributed by atoms with E-state index in [4.69, 9.17) is 9.47 Å². The van der Waals surface area contributed by atoms with E-state index >= 15 is 0 Å². The first-order chi connectivity index (χ1) is 16.9. The van der Waals surface area contributed by atoms with Crippen molar-refractivity contribution < 1.29 is 9.47 Å². The van der Waals surface area contributed by atoms with Gasteiger partial charge in [-0.15, -0.1) is 0 Å². The molecule has 0 N–H and O–H groups in total. The van der Waals surface area contributed by atoms with Crippen molar-refractivity contribution in [2.45, 2.75) is 46.6 Å². The molecule has 1 atom stereocenters. The van der Waals surface area contributed by atoms with E-state index in [1.54, 1.807) is 6.20 Å². The third-order valence-electron chi connectivity index (χ3n) is 6.61. The Labute approximate surface area is 208 Å². The van der Waals surface area contributed by atoms with Crippen LogP contribution in [0.3, 0.4) is 0 Å². The Kier molecular flexibility index (Phi) is 7.45. The van der Waals surface area contributed by atoms with E-state index in [2.05, 4.69) is 72.1 Å². The lowest BCUT2D eigenvalue weighted by molar-refractivity contribution is 0.301. The molecule has 4 rings (SSSR count). The molecule has 0 spiro atoms. The van der Waals surface area contributed by atoms with Gasteiger partial charge in [-0.05, 0) is 55.2 Å². The number of hydrogen-bond donors (Lipinski definition) is 0. The highest BCUT2D eigenvalue weighted by atomic mass is 16.5. The molecule has 0 fully saturated rings. The smallest absolute Gasteiger partial charge is 0.217 e. The third-order valence-corrected chi connectivity index (χ3v) is 6.61. The van der Waals surface area contributed by atoms with E-state index in [0.717, 1.165) is 22.7 Å². The number of ether oxygens (including phenoxy) is 2. The summed E-state index contributed by atoms with van der Waals surface area (Å²) >= 11 is 0. The van der Waals surface area contributed by atoms with Crippen molar-refractivity contribution in [3.63, 3.8) is 0 Å². The number of hydrogen-bond acceptors (Lipinski definition) is 5. The summed E-state index contributed by atoms with van der Waals surface area (Å²) in [6.07, 6.45) is 1.78. The maximum Gasteiger partial charge on any atom is 0.217 e. The van der Waals surface area contributed by atoms with Crippen molar-refractivity contribution in [2.24, 2.45) is 5.92 Å². The second kappa shape index (κ2) is 10.7. The van der Waals surface area contributed by atoms with Gasteiger partial charge in [0.25, 0.3) is 0 Å². The molecule has 0 radical (unpaired) electrons. The largest absolute Gasteiger partial charge is 0.487 e. The summed E-state index contributed by atoms with van der Waals surface area (Å²) in [5.41, 5.74) is 5.18. The average molecular weight is 468 g/mol. The van der Waals surface area contributed by atoms with Gasteiger partial charge < -0.3 is 9.47 Å². The van der Waals surface area contributed by atoms with Crippen LogP contribution in [0.4, 0.5) is 0 Å². The van der Waals surface area contributed by atoms with Gasteiger partial charge in [-0.1, -0.05) is 63.2 Å². The molecule has 0 aliphatic carbocycles. The molecule has 2 heterocycles. The monoisotopic (exact) mass is 467 g/mol. The highest BCUT2D eigenvalue weighted by Crippen LogP contribution is 2.40. The molecule has 1 unspecified atom stereocenters. The zero-order valence-electron chi connectivity index (χ0n) is 21.2. The van der Waals surface area contributed by atoms with Crippen molar-refractivity contribution >= 4 is 0 Å². The van der Waals surface area contributed by atoms with Gasteiger partial charge >= 0.3 is 0 Å². The molecule has 0 amide bonds. The van der Waals surface area contributed by atoms with Crippen LogP contribution in [-0.2, 0) is 12.0 Å². The maximum atomic E-state index is 5.94. The summed E-state index contributed by atoms with van der Waals surface area (Å²) in [6.45, 7) is 11.7. The van der Waals surface area contributed by atoms with Crippen LogP contribution in [0.25, 0.3) is 11.3 Å². The molecule has 2 aromatic carbocycles. The minimum atomic E-state index is -0.157. The molecule has 0 bridgehead atoms. The van der Waals surface area contributed by atoms with Gasteiger partial charge in [-0.25, -0.2) is 4.98 Å². The molecular weight excluding hydrogens is 434 g/mol. The number of nitrogens with zero attached hydrogens (tertiary/aromatic N) is 3. The van der Waals surface area contributed by atoms with E-state index in [1.807, 2.05) is 50.2 Å². The molecule has 0 saturated heterocycles. The summed E-state index contributed by atoms with van der Waals surface area (Å²) in [5, 5.41) is 0. The van der Waals surface area contributed by atoms with E-state index in [0.29, 0.717) is 30.8 Å². The lowest BCUT2D eigenvalue weighted by Gasteiger charge is -2.35. The molecule has 0 saturated carbocycles. The van der Waals surface area contributed by atoms with Gasteiger partial charge in [0.15, 0.2) is 0 Å². The van der Waals surface area contributed by atoms with Crippen LogP contribution >= 0.6 is 0 Å². The summed E-state index contributed by atoms with van der Waals surface area (Å²) in [5.74, 6) is 2.54. The minimum Gasteiger partial charge on any atom is -0.487 e. The summed E-state index contributed by atoms with van der Waals surface area (Å²) in [6, 6.07) is 24.9. The van der Waals surface area contributed by atoms with Crippen molar-refractivity contribution in [1.82, 2.24) is 15.0 Å². The van der Waals surface area contributed by atoms with Gasteiger partial charge in [0.05, 0.1) is 18.0 Å². The highest BCUT2D eigenvalue weighted by molar-refractivity contribution is 5.61. The number of aromatic nitrogens is 3. The van der Waals surface area contributed by atoms with E-state index < -0.39 is 0 Å². The summed E-state index contributed by atoms with van der Waals surface area (Å²) in [4.78, 5) is 13.3. The molecule has 180 valence electrons. The highest BCUT2D eigenvalue weighted by Gasteiger charge is 2.32. The molecule has 5 nitrogen and oxygen atoms in total. The van der Waals surface area contributed by atoms with E-state index in [-0.39, 0.29) is 5.41 Å². The first kappa shape index (κ1) is 24.4. The van der Waals surface area contributed by atoms with Crippen LogP contribution in [0.1, 0.15) is 50.3 Å². The minimum absolute atomic E-state index is 0.157. The maximum absolute atomic E-state index is 5.94. The van der Waals surface area contributed by atoms with E-state index in [9.17, 15) is 0 Å². The van der Waals surface area contributed by atoms with Crippen LogP contribution in [0.2, 0.25) is 0 Å². The second-order valence-electron chi connectivity index (χ2n) is 9.14. The van der Waals surface area contributed by atoms with Gasteiger partial charge in [0.2, 0.25) is 5.88 Å². The predicted molar refractivity (Wildman–Crippen MR) is 140 cm³/mol. The Balaban J connectivity index is 1.57. The lowest BCUT2D eigenvalue weighted by atomic mass is 9.68. The Bertz CT molecular complexity index is 1240. The average Bonchev–Trinajstić information content (AvgIpc) is 2.88. The van der Waals surface area contributed by atoms with Crippen LogP contribution in [-0.4, -0.2) is 21.6 Å². The second-order valence-corrected chi connectivity index (χ2v) is 9.14. The molecule has 0 aliphatic rings. The third kappa shape index (κ3) is 5.51. The first-order valence-corrected chi connectivity index (χ1v) is 12.1. The number of benzene rings is 2. The number of rotatable bonds is 9. The van der Waals surface area contributed by atoms with Gasteiger partial charge in [0, 0.05) is 23.2 Å². The van der Waals surface area contributed by atoms with Crippen LogP contribution in [0, 0.1) is 12.8 Å². The predicted octanol–water partition coefficient (Wildman–Crippen LogP) is 6.79. The van der Waals surface area contributed by atoms with Gasteiger partial charge in [-0.3, -0.25) is 4.98 Å². The molecule has 35 heavy (non-hydrogen) atoms. The topological polar surface area (TPSA) is 57.1 Å². The fraction of sp³-hybridized carbons (Fsp3) is 0.300. The molecule has 2 aromatic heterocycles. The molecular formula is C30H33N3O2. The quantitative estimate of drug-likeness (QED) is 0.271. The Hall–Kier alpha value is -3.73. The Morgan fingerprint density at radius 3 is 2.14 bits per heavy atom. The first-order valence-electron chi connectivity index (χ1n) is 12.1.